The van der Waals surface area contributed by atoms with Gasteiger partial charge < -0.3 is 10.1 Å². The van der Waals surface area contributed by atoms with Crippen LogP contribution in [0.3, 0.4) is 0 Å². The number of allylic oxidation sites excluding steroid dienone is 1. The van der Waals surface area contributed by atoms with Gasteiger partial charge >= 0.3 is 5.97 Å². The minimum absolute atomic E-state index is 0.0452. The molecule has 1 aromatic carbocycles. The predicted octanol–water partition coefficient (Wildman–Crippen LogP) is 2.37. The lowest BCUT2D eigenvalue weighted by atomic mass is 9.91. The molecule has 1 N–H and O–H groups in total. The normalized spacial score (nSPS) is 15.9. The Hall–Kier alpha value is -3.33. The zero-order valence-electron chi connectivity index (χ0n) is 14.5. The number of anilines is 1. The van der Waals surface area contributed by atoms with E-state index in [1.165, 1.54) is 23.1 Å². The van der Waals surface area contributed by atoms with Crippen LogP contribution in [0.2, 0.25) is 0 Å². The van der Waals surface area contributed by atoms with Crippen molar-refractivity contribution in [2.45, 2.75) is 13.0 Å². The van der Waals surface area contributed by atoms with E-state index in [9.17, 15) is 9.59 Å². The van der Waals surface area contributed by atoms with Crippen molar-refractivity contribution in [2.24, 2.45) is 0 Å². The molecular formula is C18H15N5O3S. The number of aromatic nitrogens is 4. The molecule has 0 saturated carbocycles. The number of fused-ring (bicyclic) bond motifs is 1. The fourth-order valence-electron chi connectivity index (χ4n) is 2.99. The van der Waals surface area contributed by atoms with Gasteiger partial charge in [0.15, 0.2) is 0 Å². The number of nitrogens with one attached hydrogen (secondary N) is 1. The third-order valence-corrected chi connectivity index (χ3v) is 5.16. The zero-order valence-corrected chi connectivity index (χ0v) is 15.4. The number of rotatable bonds is 4. The van der Waals surface area contributed by atoms with Gasteiger partial charge in [0.05, 0.1) is 17.6 Å². The number of nitrogens with zero attached hydrogens (tertiary/aromatic N) is 4. The fourth-order valence-corrected chi connectivity index (χ4v) is 3.66. The summed E-state index contributed by atoms with van der Waals surface area (Å²) in [6.45, 7) is 1.97. The molecule has 0 unspecified atom stereocenters. The Morgan fingerprint density at radius 1 is 1.22 bits per heavy atom. The number of ether oxygens (including phenoxy) is 1. The summed E-state index contributed by atoms with van der Waals surface area (Å²) in [4.78, 5) is 26.3. The second kappa shape index (κ2) is 6.76. The van der Waals surface area contributed by atoms with Gasteiger partial charge in [-0.25, -0.2) is 4.79 Å². The third-order valence-electron chi connectivity index (χ3n) is 4.29. The summed E-state index contributed by atoms with van der Waals surface area (Å²) in [6, 6.07) is 10.5. The van der Waals surface area contributed by atoms with Crippen molar-refractivity contribution in [3.8, 4) is 0 Å². The molecule has 0 amide bonds. The van der Waals surface area contributed by atoms with Crippen molar-refractivity contribution in [3.05, 3.63) is 69.1 Å². The Labute approximate surface area is 158 Å². The van der Waals surface area contributed by atoms with Crippen LogP contribution in [0.4, 0.5) is 5.95 Å². The van der Waals surface area contributed by atoms with Crippen molar-refractivity contribution >= 4 is 29.0 Å². The molecule has 1 aliphatic rings. The van der Waals surface area contributed by atoms with Crippen LogP contribution in [0.5, 0.6) is 0 Å². The minimum Gasteiger partial charge on any atom is -0.464 e. The van der Waals surface area contributed by atoms with Gasteiger partial charge in [0.1, 0.15) is 11.7 Å². The van der Waals surface area contributed by atoms with E-state index in [4.69, 9.17) is 4.74 Å². The Balaban J connectivity index is 1.95. The highest BCUT2D eigenvalue weighted by Crippen LogP contribution is 2.37. The predicted molar refractivity (Wildman–Crippen MR) is 98.4 cm³/mol. The number of hydrogen-bond acceptors (Lipinski definition) is 8. The topological polar surface area (TPSA) is 99.0 Å². The molecule has 2 aromatic heterocycles. The van der Waals surface area contributed by atoms with Crippen molar-refractivity contribution in [2.75, 3.05) is 12.4 Å². The molecule has 0 aliphatic carbocycles. The third kappa shape index (κ3) is 2.91. The summed E-state index contributed by atoms with van der Waals surface area (Å²) >= 11 is 1.30. The lowest BCUT2D eigenvalue weighted by molar-refractivity contribution is -0.136. The first-order chi connectivity index (χ1) is 13.1. The van der Waals surface area contributed by atoms with Crippen molar-refractivity contribution in [3.63, 3.8) is 0 Å². The lowest BCUT2D eigenvalue weighted by Crippen LogP contribution is -2.32. The van der Waals surface area contributed by atoms with E-state index in [1.807, 2.05) is 36.6 Å². The van der Waals surface area contributed by atoms with Crippen LogP contribution in [-0.2, 0) is 9.53 Å². The molecule has 1 aliphatic heterocycles. The van der Waals surface area contributed by atoms with Crippen LogP contribution in [0.25, 0.3) is 0 Å². The maximum Gasteiger partial charge on any atom is 0.355 e. The molecule has 4 rings (SSSR count). The van der Waals surface area contributed by atoms with Gasteiger partial charge in [-0.15, -0.1) is 11.3 Å². The molecule has 136 valence electrons. The SMILES string of the molecule is COC(=O)C1=C(C(=O)c2cccs2)[C@@H](c2ccc(C)cc2)n2nnnc2N1. The average Bonchev–Trinajstić information content (AvgIpc) is 3.37. The van der Waals surface area contributed by atoms with E-state index in [0.717, 1.165) is 11.1 Å². The van der Waals surface area contributed by atoms with Crippen LogP contribution < -0.4 is 5.32 Å². The summed E-state index contributed by atoms with van der Waals surface area (Å²) in [5.74, 6) is -0.658. The number of aryl methyl sites for hydroxylation is 1. The van der Waals surface area contributed by atoms with Crippen molar-refractivity contribution in [1.29, 1.82) is 0 Å². The second-order valence-corrected chi connectivity index (χ2v) is 6.92. The van der Waals surface area contributed by atoms with Gasteiger partial charge in [0, 0.05) is 0 Å². The Bertz CT molecular complexity index is 1040. The number of methoxy groups -OCH3 is 1. The molecule has 0 fully saturated rings. The van der Waals surface area contributed by atoms with E-state index >= 15 is 0 Å². The number of hydrogen-bond donors (Lipinski definition) is 1. The summed E-state index contributed by atoms with van der Waals surface area (Å²) in [5, 5.41) is 16.3. The summed E-state index contributed by atoms with van der Waals surface area (Å²) in [7, 11) is 1.27. The number of carbonyl (C=O) groups is 2. The molecule has 0 radical (unpaired) electrons. The number of thiophene rings is 1. The number of carbonyl (C=O) groups excluding carboxylic acids is 2. The highest BCUT2D eigenvalue weighted by Gasteiger charge is 2.38. The van der Waals surface area contributed by atoms with Gasteiger partial charge in [0.25, 0.3) is 0 Å². The van der Waals surface area contributed by atoms with Gasteiger partial charge in [-0.3, -0.25) is 4.79 Å². The Morgan fingerprint density at radius 2 is 2.00 bits per heavy atom. The van der Waals surface area contributed by atoms with Crippen LogP contribution in [0.1, 0.15) is 26.8 Å². The molecule has 1 atom stereocenters. The number of Topliss-reactive ketones (excluding diaryl/α,β-unsaturated/α-hetero) is 1. The van der Waals surface area contributed by atoms with E-state index in [2.05, 4.69) is 20.8 Å². The van der Waals surface area contributed by atoms with Gasteiger partial charge in [0.2, 0.25) is 11.7 Å². The van der Waals surface area contributed by atoms with Crippen LogP contribution in [0, 0.1) is 6.92 Å². The quantitative estimate of drug-likeness (QED) is 0.547. The number of tetrazole rings is 1. The zero-order chi connectivity index (χ0) is 19.0. The highest BCUT2D eigenvalue weighted by atomic mass is 32.1. The van der Waals surface area contributed by atoms with Gasteiger partial charge in [-0.2, -0.15) is 4.68 Å². The van der Waals surface area contributed by atoms with Gasteiger partial charge in [-0.05, 0) is 34.4 Å². The maximum absolute atomic E-state index is 13.3. The van der Waals surface area contributed by atoms with Crippen molar-refractivity contribution in [1.82, 2.24) is 20.2 Å². The molecule has 3 heterocycles. The molecular weight excluding hydrogens is 366 g/mol. The molecule has 3 aromatic rings. The number of benzene rings is 1. The van der Waals surface area contributed by atoms with E-state index in [-0.39, 0.29) is 23.0 Å². The summed E-state index contributed by atoms with van der Waals surface area (Å²) in [6.07, 6.45) is 0. The molecule has 8 nitrogen and oxygen atoms in total. The number of esters is 1. The molecule has 27 heavy (non-hydrogen) atoms. The summed E-state index contributed by atoms with van der Waals surface area (Å²) < 4.78 is 6.39. The maximum atomic E-state index is 13.3. The Kier molecular flexibility index (Phi) is 4.28. The second-order valence-electron chi connectivity index (χ2n) is 5.97. The first-order valence-electron chi connectivity index (χ1n) is 8.12. The van der Waals surface area contributed by atoms with Gasteiger partial charge in [-0.1, -0.05) is 41.0 Å². The first-order valence-corrected chi connectivity index (χ1v) is 9.00. The average molecular weight is 381 g/mol. The largest absolute Gasteiger partial charge is 0.464 e. The molecule has 0 spiro atoms. The van der Waals surface area contributed by atoms with Crippen LogP contribution in [-0.4, -0.2) is 39.1 Å². The van der Waals surface area contributed by atoms with E-state index < -0.39 is 12.0 Å². The molecule has 0 saturated heterocycles. The first kappa shape index (κ1) is 17.1. The molecule has 0 bridgehead atoms. The standard InChI is InChI=1S/C18H15N5O3S/c1-10-5-7-11(8-6-10)15-13(16(24)12-4-3-9-27-12)14(17(25)26-2)19-18-20-21-22-23(15)18/h3-9,15H,1-2H3,(H,19,20,22)/t15-/m1/s1. The number of ketones is 1. The lowest BCUT2D eigenvalue weighted by Gasteiger charge is -2.27. The van der Waals surface area contributed by atoms with Crippen molar-refractivity contribution < 1.29 is 14.3 Å². The smallest absolute Gasteiger partial charge is 0.355 e. The molecule has 9 heteroatoms. The van der Waals surface area contributed by atoms with E-state index in [0.29, 0.717) is 4.88 Å². The van der Waals surface area contributed by atoms with Crippen LogP contribution in [0.15, 0.2) is 53.0 Å². The summed E-state index contributed by atoms with van der Waals surface area (Å²) in [5.41, 5.74) is 2.15. The fraction of sp³-hybridized carbons (Fsp3) is 0.167. The Morgan fingerprint density at radius 3 is 2.67 bits per heavy atom. The van der Waals surface area contributed by atoms with Crippen LogP contribution >= 0.6 is 11.3 Å². The monoisotopic (exact) mass is 381 g/mol. The minimum atomic E-state index is -0.652. The highest BCUT2D eigenvalue weighted by molar-refractivity contribution is 7.12. The van der Waals surface area contributed by atoms with E-state index in [1.54, 1.807) is 12.1 Å².